The van der Waals surface area contributed by atoms with Gasteiger partial charge in [0.05, 0.1) is 24.4 Å². The standard InChI is InChI=1S/C13H26N2O2/c1-10-4-5-12(17-10)11(8-14)15-6-7-16-13(2,3)9-15/h10-12H,4-9,14H2,1-3H3. The average molecular weight is 242 g/mol. The summed E-state index contributed by atoms with van der Waals surface area (Å²) in [7, 11) is 0. The van der Waals surface area contributed by atoms with Crippen molar-refractivity contribution in [2.24, 2.45) is 5.73 Å². The number of rotatable bonds is 3. The molecule has 0 bridgehead atoms. The van der Waals surface area contributed by atoms with Gasteiger partial charge in [-0.3, -0.25) is 4.90 Å². The molecule has 0 aromatic rings. The fraction of sp³-hybridized carbons (Fsp3) is 1.00. The van der Waals surface area contributed by atoms with E-state index in [2.05, 4.69) is 25.7 Å². The molecule has 2 saturated heterocycles. The van der Waals surface area contributed by atoms with Crippen molar-refractivity contribution in [3.8, 4) is 0 Å². The highest BCUT2D eigenvalue weighted by Crippen LogP contribution is 2.27. The molecule has 4 nitrogen and oxygen atoms in total. The summed E-state index contributed by atoms with van der Waals surface area (Å²) in [4.78, 5) is 2.45. The second-order valence-corrected chi connectivity index (χ2v) is 5.94. The SMILES string of the molecule is CC1CCC(C(CN)N2CCOC(C)(C)C2)O1. The van der Waals surface area contributed by atoms with Gasteiger partial charge in [-0.2, -0.15) is 0 Å². The maximum atomic E-state index is 5.97. The highest BCUT2D eigenvalue weighted by molar-refractivity contribution is 4.90. The van der Waals surface area contributed by atoms with Crippen LogP contribution in [-0.4, -0.2) is 55.0 Å². The van der Waals surface area contributed by atoms with Crippen molar-refractivity contribution in [3.05, 3.63) is 0 Å². The van der Waals surface area contributed by atoms with Gasteiger partial charge in [-0.25, -0.2) is 0 Å². The molecule has 2 fully saturated rings. The Bertz CT molecular complexity index is 258. The molecule has 0 spiro atoms. The lowest BCUT2D eigenvalue weighted by molar-refractivity contribution is -0.113. The molecule has 3 atom stereocenters. The fourth-order valence-corrected chi connectivity index (χ4v) is 2.99. The third-order valence-electron chi connectivity index (χ3n) is 3.86. The van der Waals surface area contributed by atoms with Crippen molar-refractivity contribution in [2.75, 3.05) is 26.2 Å². The van der Waals surface area contributed by atoms with E-state index in [1.165, 1.54) is 0 Å². The molecule has 2 rings (SSSR count). The minimum Gasteiger partial charge on any atom is -0.374 e. The first-order valence-electron chi connectivity index (χ1n) is 6.75. The van der Waals surface area contributed by atoms with E-state index in [1.807, 2.05) is 0 Å². The number of nitrogens with two attached hydrogens (primary N) is 1. The average Bonchev–Trinajstić information content (AvgIpc) is 2.64. The quantitative estimate of drug-likeness (QED) is 0.802. The summed E-state index contributed by atoms with van der Waals surface area (Å²) in [6.45, 7) is 9.83. The summed E-state index contributed by atoms with van der Waals surface area (Å²) in [6, 6.07) is 0.350. The first-order chi connectivity index (χ1) is 8.02. The number of morpholine rings is 1. The Balaban J connectivity index is 1.98. The van der Waals surface area contributed by atoms with Gasteiger partial charge in [0.1, 0.15) is 0 Å². The van der Waals surface area contributed by atoms with Crippen LogP contribution in [0.25, 0.3) is 0 Å². The summed E-state index contributed by atoms with van der Waals surface area (Å²) in [5.74, 6) is 0. The second kappa shape index (κ2) is 5.22. The second-order valence-electron chi connectivity index (χ2n) is 5.94. The van der Waals surface area contributed by atoms with Crippen molar-refractivity contribution in [2.45, 2.75) is 57.5 Å². The summed E-state index contributed by atoms with van der Waals surface area (Å²) >= 11 is 0. The Morgan fingerprint density at radius 3 is 2.71 bits per heavy atom. The van der Waals surface area contributed by atoms with Crippen molar-refractivity contribution >= 4 is 0 Å². The van der Waals surface area contributed by atoms with E-state index in [-0.39, 0.29) is 5.60 Å². The molecule has 17 heavy (non-hydrogen) atoms. The van der Waals surface area contributed by atoms with Gasteiger partial charge in [0.15, 0.2) is 0 Å². The van der Waals surface area contributed by atoms with Gasteiger partial charge in [-0.05, 0) is 33.6 Å². The predicted molar refractivity (Wildman–Crippen MR) is 68.0 cm³/mol. The van der Waals surface area contributed by atoms with Gasteiger partial charge in [0.2, 0.25) is 0 Å². The Morgan fingerprint density at radius 2 is 2.18 bits per heavy atom. The Morgan fingerprint density at radius 1 is 1.41 bits per heavy atom. The smallest absolute Gasteiger partial charge is 0.0753 e. The van der Waals surface area contributed by atoms with E-state index in [0.717, 1.165) is 32.5 Å². The van der Waals surface area contributed by atoms with Gasteiger partial charge in [0, 0.05) is 25.7 Å². The van der Waals surface area contributed by atoms with Crippen LogP contribution >= 0.6 is 0 Å². The van der Waals surface area contributed by atoms with Gasteiger partial charge < -0.3 is 15.2 Å². The molecule has 100 valence electrons. The lowest BCUT2D eigenvalue weighted by Crippen LogP contribution is -2.57. The van der Waals surface area contributed by atoms with Gasteiger partial charge in [-0.1, -0.05) is 0 Å². The van der Waals surface area contributed by atoms with Crippen LogP contribution in [0, 0.1) is 0 Å². The van der Waals surface area contributed by atoms with Crippen LogP contribution < -0.4 is 5.73 Å². The van der Waals surface area contributed by atoms with Crippen molar-refractivity contribution < 1.29 is 9.47 Å². The van der Waals surface area contributed by atoms with Crippen LogP contribution in [0.2, 0.25) is 0 Å². The lowest BCUT2D eigenvalue weighted by Gasteiger charge is -2.43. The van der Waals surface area contributed by atoms with E-state index in [9.17, 15) is 0 Å². The summed E-state index contributed by atoms with van der Waals surface area (Å²) in [5, 5.41) is 0. The van der Waals surface area contributed by atoms with Crippen LogP contribution in [0.1, 0.15) is 33.6 Å². The van der Waals surface area contributed by atoms with Crippen LogP contribution in [0.4, 0.5) is 0 Å². The number of hydrogen-bond donors (Lipinski definition) is 1. The molecule has 0 radical (unpaired) electrons. The third kappa shape index (κ3) is 3.19. The maximum absolute atomic E-state index is 5.97. The molecule has 0 aromatic heterocycles. The highest BCUT2D eigenvalue weighted by Gasteiger charge is 2.37. The summed E-state index contributed by atoms with van der Waals surface area (Å²) in [5.41, 5.74) is 5.90. The molecular formula is C13H26N2O2. The summed E-state index contributed by atoms with van der Waals surface area (Å²) < 4.78 is 11.7. The van der Waals surface area contributed by atoms with Gasteiger partial charge in [-0.15, -0.1) is 0 Å². The zero-order chi connectivity index (χ0) is 12.5. The van der Waals surface area contributed by atoms with Crippen molar-refractivity contribution in [1.29, 1.82) is 0 Å². The van der Waals surface area contributed by atoms with Gasteiger partial charge in [0.25, 0.3) is 0 Å². The molecule has 2 heterocycles. The predicted octanol–water partition coefficient (Wildman–Crippen LogP) is 0.992. The number of nitrogens with zero attached hydrogens (tertiary/aromatic N) is 1. The van der Waals surface area contributed by atoms with E-state index in [1.54, 1.807) is 0 Å². The molecule has 0 saturated carbocycles. The Labute approximate surface area is 104 Å². The zero-order valence-corrected chi connectivity index (χ0v) is 11.3. The maximum Gasteiger partial charge on any atom is 0.0753 e. The minimum absolute atomic E-state index is 0.0596. The van der Waals surface area contributed by atoms with Crippen molar-refractivity contribution in [3.63, 3.8) is 0 Å². The minimum atomic E-state index is -0.0596. The molecule has 2 aliphatic heterocycles. The first kappa shape index (κ1) is 13.3. The Kier molecular flexibility index (Phi) is 4.08. The van der Waals surface area contributed by atoms with E-state index in [4.69, 9.17) is 15.2 Å². The van der Waals surface area contributed by atoms with Crippen LogP contribution in [0.15, 0.2) is 0 Å². The summed E-state index contributed by atoms with van der Waals surface area (Å²) in [6.07, 6.45) is 3.00. The third-order valence-corrected chi connectivity index (χ3v) is 3.86. The highest BCUT2D eigenvalue weighted by atomic mass is 16.5. The topological polar surface area (TPSA) is 47.7 Å². The Hall–Kier alpha value is -0.160. The van der Waals surface area contributed by atoms with E-state index in [0.29, 0.717) is 24.8 Å². The molecule has 0 aliphatic carbocycles. The van der Waals surface area contributed by atoms with Crippen LogP contribution in [0.3, 0.4) is 0 Å². The number of hydrogen-bond acceptors (Lipinski definition) is 4. The molecule has 4 heteroatoms. The van der Waals surface area contributed by atoms with E-state index >= 15 is 0 Å². The molecule has 2 N–H and O–H groups in total. The number of ether oxygens (including phenoxy) is 2. The zero-order valence-electron chi connectivity index (χ0n) is 11.3. The molecular weight excluding hydrogens is 216 g/mol. The normalized spacial score (nSPS) is 36.0. The van der Waals surface area contributed by atoms with Crippen LogP contribution in [-0.2, 0) is 9.47 Å². The van der Waals surface area contributed by atoms with Crippen molar-refractivity contribution in [1.82, 2.24) is 4.90 Å². The lowest BCUT2D eigenvalue weighted by atomic mass is 10.0. The van der Waals surface area contributed by atoms with Gasteiger partial charge >= 0.3 is 0 Å². The molecule has 3 unspecified atom stereocenters. The fourth-order valence-electron chi connectivity index (χ4n) is 2.99. The molecule has 0 amide bonds. The molecule has 0 aromatic carbocycles. The van der Waals surface area contributed by atoms with E-state index < -0.39 is 0 Å². The first-order valence-corrected chi connectivity index (χ1v) is 6.75. The molecule has 2 aliphatic rings. The monoisotopic (exact) mass is 242 g/mol. The largest absolute Gasteiger partial charge is 0.374 e. The van der Waals surface area contributed by atoms with Crippen LogP contribution in [0.5, 0.6) is 0 Å².